The van der Waals surface area contributed by atoms with Crippen molar-refractivity contribution in [3.63, 3.8) is 0 Å². The van der Waals surface area contributed by atoms with Crippen molar-refractivity contribution in [1.82, 2.24) is 4.90 Å². The normalized spacial score (nSPS) is 23.3. The maximum absolute atomic E-state index is 12.0. The van der Waals surface area contributed by atoms with Gasteiger partial charge in [-0.15, -0.1) is 0 Å². The summed E-state index contributed by atoms with van der Waals surface area (Å²) in [7, 11) is 4.16. The first-order chi connectivity index (χ1) is 9.06. The summed E-state index contributed by atoms with van der Waals surface area (Å²) in [6, 6.07) is 7.38. The van der Waals surface area contributed by atoms with E-state index in [2.05, 4.69) is 19.0 Å². The Labute approximate surface area is 114 Å². The predicted molar refractivity (Wildman–Crippen MR) is 76.0 cm³/mol. The molecule has 0 bridgehead atoms. The van der Waals surface area contributed by atoms with Crippen LogP contribution in [0.2, 0.25) is 0 Å². The minimum absolute atomic E-state index is 0.0335. The molecular weight excluding hydrogens is 240 g/mol. The first-order valence-corrected chi connectivity index (χ1v) is 6.79. The molecule has 4 nitrogen and oxygen atoms in total. The minimum atomic E-state index is -0.246. The van der Waals surface area contributed by atoms with Crippen LogP contribution in [0.3, 0.4) is 0 Å². The Hall–Kier alpha value is -1.55. The van der Waals surface area contributed by atoms with E-state index in [1.165, 1.54) is 6.42 Å². The second kappa shape index (κ2) is 6.06. The van der Waals surface area contributed by atoms with Gasteiger partial charge in [-0.05, 0) is 64.0 Å². The van der Waals surface area contributed by atoms with Crippen LogP contribution in [-0.4, -0.2) is 37.1 Å². The molecule has 0 amide bonds. The van der Waals surface area contributed by atoms with Crippen molar-refractivity contribution in [3.05, 3.63) is 29.8 Å². The molecule has 1 fully saturated rings. The number of nitrogens with two attached hydrogens (primary N) is 1. The van der Waals surface area contributed by atoms with E-state index in [9.17, 15) is 4.79 Å². The van der Waals surface area contributed by atoms with Crippen molar-refractivity contribution in [3.8, 4) is 0 Å². The van der Waals surface area contributed by atoms with Crippen LogP contribution >= 0.6 is 0 Å². The van der Waals surface area contributed by atoms with Gasteiger partial charge in [0.25, 0.3) is 0 Å². The quantitative estimate of drug-likeness (QED) is 0.671. The van der Waals surface area contributed by atoms with Crippen LogP contribution in [0.25, 0.3) is 0 Å². The van der Waals surface area contributed by atoms with E-state index in [-0.39, 0.29) is 12.1 Å². The maximum atomic E-state index is 12.0. The second-order valence-corrected chi connectivity index (χ2v) is 5.43. The van der Waals surface area contributed by atoms with Gasteiger partial charge < -0.3 is 15.4 Å². The number of carbonyl (C=O) groups is 1. The van der Waals surface area contributed by atoms with Gasteiger partial charge in [-0.25, -0.2) is 4.79 Å². The van der Waals surface area contributed by atoms with Gasteiger partial charge in [0.1, 0.15) is 6.10 Å². The highest BCUT2D eigenvalue weighted by Crippen LogP contribution is 2.24. The van der Waals surface area contributed by atoms with Crippen molar-refractivity contribution in [2.45, 2.75) is 37.8 Å². The SMILES string of the molecule is CN(C)C1CCCC(OC(=O)c2ccc(N)cc2)C1. The van der Waals surface area contributed by atoms with E-state index in [0.29, 0.717) is 17.3 Å². The van der Waals surface area contributed by atoms with Crippen LogP contribution in [-0.2, 0) is 4.74 Å². The Morgan fingerprint density at radius 1 is 1.26 bits per heavy atom. The lowest BCUT2D eigenvalue weighted by atomic mass is 9.92. The molecule has 2 N–H and O–H groups in total. The standard InChI is InChI=1S/C15H22N2O2/c1-17(2)13-4-3-5-14(10-13)19-15(18)11-6-8-12(16)9-7-11/h6-9,13-14H,3-5,10,16H2,1-2H3. The number of benzene rings is 1. The van der Waals surface area contributed by atoms with Gasteiger partial charge in [-0.2, -0.15) is 0 Å². The summed E-state index contributed by atoms with van der Waals surface area (Å²) in [5.41, 5.74) is 6.83. The maximum Gasteiger partial charge on any atom is 0.338 e. The molecule has 0 saturated heterocycles. The van der Waals surface area contributed by atoms with Crippen molar-refractivity contribution >= 4 is 11.7 Å². The van der Waals surface area contributed by atoms with Gasteiger partial charge in [-0.1, -0.05) is 0 Å². The molecule has 1 saturated carbocycles. The van der Waals surface area contributed by atoms with Crippen LogP contribution in [0, 0.1) is 0 Å². The highest BCUT2D eigenvalue weighted by Gasteiger charge is 2.26. The first-order valence-electron chi connectivity index (χ1n) is 6.79. The predicted octanol–water partition coefficient (Wildman–Crippen LogP) is 2.30. The Kier molecular flexibility index (Phi) is 4.43. The summed E-state index contributed by atoms with van der Waals surface area (Å²) in [5.74, 6) is -0.246. The summed E-state index contributed by atoms with van der Waals surface area (Å²) in [6.45, 7) is 0. The zero-order valence-corrected chi connectivity index (χ0v) is 11.6. The lowest BCUT2D eigenvalue weighted by Gasteiger charge is -2.32. The molecule has 1 aromatic rings. The highest BCUT2D eigenvalue weighted by molar-refractivity contribution is 5.89. The second-order valence-electron chi connectivity index (χ2n) is 5.43. The average Bonchev–Trinajstić information content (AvgIpc) is 2.39. The molecule has 0 radical (unpaired) electrons. The molecule has 1 aromatic carbocycles. The number of carbonyl (C=O) groups excluding carboxylic acids is 1. The van der Waals surface area contributed by atoms with E-state index >= 15 is 0 Å². The summed E-state index contributed by atoms with van der Waals surface area (Å²) >= 11 is 0. The van der Waals surface area contributed by atoms with Gasteiger partial charge in [0, 0.05) is 11.7 Å². The van der Waals surface area contributed by atoms with Gasteiger partial charge >= 0.3 is 5.97 Å². The van der Waals surface area contributed by atoms with Gasteiger partial charge in [0.2, 0.25) is 0 Å². The monoisotopic (exact) mass is 262 g/mol. The van der Waals surface area contributed by atoms with E-state index < -0.39 is 0 Å². The fourth-order valence-corrected chi connectivity index (χ4v) is 2.53. The molecule has 1 aliphatic rings. The third kappa shape index (κ3) is 3.70. The molecule has 2 atom stereocenters. The number of anilines is 1. The minimum Gasteiger partial charge on any atom is -0.459 e. The smallest absolute Gasteiger partial charge is 0.338 e. The molecule has 0 spiro atoms. The molecule has 0 heterocycles. The third-order valence-corrected chi connectivity index (χ3v) is 3.75. The number of nitrogens with zero attached hydrogens (tertiary/aromatic N) is 1. The van der Waals surface area contributed by atoms with E-state index in [1.54, 1.807) is 24.3 Å². The lowest BCUT2D eigenvalue weighted by Crippen LogP contribution is -2.37. The van der Waals surface area contributed by atoms with Gasteiger partial charge in [0.05, 0.1) is 5.56 Å². The van der Waals surface area contributed by atoms with E-state index in [1.807, 2.05) is 0 Å². The molecule has 104 valence electrons. The van der Waals surface area contributed by atoms with Crippen LogP contribution in [0.5, 0.6) is 0 Å². The molecule has 0 aromatic heterocycles. The molecule has 4 heteroatoms. The topological polar surface area (TPSA) is 55.6 Å². The molecule has 19 heavy (non-hydrogen) atoms. The molecule has 1 aliphatic carbocycles. The van der Waals surface area contributed by atoms with E-state index in [0.717, 1.165) is 19.3 Å². The van der Waals surface area contributed by atoms with E-state index in [4.69, 9.17) is 10.5 Å². The zero-order valence-electron chi connectivity index (χ0n) is 11.6. The number of hydrogen-bond donors (Lipinski definition) is 1. The fraction of sp³-hybridized carbons (Fsp3) is 0.533. The Balaban J connectivity index is 1.93. The van der Waals surface area contributed by atoms with Crippen molar-refractivity contribution in [2.75, 3.05) is 19.8 Å². The largest absolute Gasteiger partial charge is 0.459 e. The number of nitrogen functional groups attached to an aromatic ring is 1. The molecule has 2 rings (SSSR count). The molecular formula is C15H22N2O2. The van der Waals surface area contributed by atoms with Crippen molar-refractivity contribution in [2.24, 2.45) is 0 Å². The summed E-state index contributed by atoms with van der Waals surface area (Å²) in [6.07, 6.45) is 4.22. The molecule has 0 aliphatic heterocycles. The van der Waals surface area contributed by atoms with Crippen LogP contribution < -0.4 is 5.73 Å². The Bertz CT molecular complexity index is 428. The van der Waals surface area contributed by atoms with Crippen molar-refractivity contribution in [1.29, 1.82) is 0 Å². The van der Waals surface area contributed by atoms with Crippen LogP contribution in [0.4, 0.5) is 5.69 Å². The average molecular weight is 262 g/mol. The Morgan fingerprint density at radius 2 is 1.95 bits per heavy atom. The van der Waals surface area contributed by atoms with Gasteiger partial charge in [0.15, 0.2) is 0 Å². The number of ether oxygens (including phenoxy) is 1. The highest BCUT2D eigenvalue weighted by atomic mass is 16.5. The first kappa shape index (κ1) is 13.9. The Morgan fingerprint density at radius 3 is 2.58 bits per heavy atom. The fourth-order valence-electron chi connectivity index (χ4n) is 2.53. The number of esters is 1. The summed E-state index contributed by atoms with van der Waals surface area (Å²) in [4.78, 5) is 14.2. The molecule has 2 unspecified atom stereocenters. The summed E-state index contributed by atoms with van der Waals surface area (Å²) < 4.78 is 5.59. The lowest BCUT2D eigenvalue weighted by molar-refractivity contribution is 0.0107. The third-order valence-electron chi connectivity index (χ3n) is 3.75. The van der Waals surface area contributed by atoms with Gasteiger partial charge in [-0.3, -0.25) is 0 Å². The van der Waals surface area contributed by atoms with Crippen LogP contribution in [0.1, 0.15) is 36.0 Å². The number of hydrogen-bond acceptors (Lipinski definition) is 4. The summed E-state index contributed by atoms with van der Waals surface area (Å²) in [5, 5.41) is 0. The number of rotatable bonds is 3. The zero-order chi connectivity index (χ0) is 13.8. The van der Waals surface area contributed by atoms with Crippen molar-refractivity contribution < 1.29 is 9.53 Å². The van der Waals surface area contributed by atoms with Crippen LogP contribution in [0.15, 0.2) is 24.3 Å².